The Morgan fingerprint density at radius 2 is 2.31 bits per heavy atom. The largest absolute Gasteiger partial charge is 0.481 e. The fourth-order valence-corrected chi connectivity index (χ4v) is 1.12. The molecule has 0 spiro atoms. The summed E-state index contributed by atoms with van der Waals surface area (Å²) in [7, 11) is 0. The predicted octanol–water partition coefficient (Wildman–Crippen LogP) is -0.954. The maximum absolute atomic E-state index is 11.4. The van der Waals surface area contributed by atoms with Crippen molar-refractivity contribution in [3.8, 4) is 0 Å². The molecule has 0 saturated heterocycles. The summed E-state index contributed by atoms with van der Waals surface area (Å²) in [5, 5.41) is 10.8. The highest BCUT2D eigenvalue weighted by Gasteiger charge is 2.08. The first kappa shape index (κ1) is 12.2. The molecule has 1 amide bonds. The summed E-state index contributed by atoms with van der Waals surface area (Å²) in [6.45, 7) is 1.16. The van der Waals surface area contributed by atoms with Gasteiger partial charge in [0.2, 0.25) is 0 Å². The summed E-state index contributed by atoms with van der Waals surface area (Å²) in [5.41, 5.74) is 5.61. The van der Waals surface area contributed by atoms with E-state index in [0.717, 1.165) is 0 Å². The third-order valence-corrected chi connectivity index (χ3v) is 1.88. The molecule has 4 N–H and O–H groups in total. The van der Waals surface area contributed by atoms with E-state index in [1.807, 2.05) is 0 Å². The van der Waals surface area contributed by atoms with E-state index < -0.39 is 5.97 Å². The third kappa shape index (κ3) is 3.70. The number of carboxylic acid groups (broad SMARTS) is 1. The van der Waals surface area contributed by atoms with Crippen molar-refractivity contribution < 1.29 is 14.7 Å². The molecule has 0 radical (unpaired) electrons. The summed E-state index contributed by atoms with van der Waals surface area (Å²) in [6.07, 6.45) is 2.98. The quantitative estimate of drug-likeness (QED) is 0.579. The van der Waals surface area contributed by atoms with Crippen LogP contribution < -0.4 is 11.1 Å². The summed E-state index contributed by atoms with van der Waals surface area (Å²) < 4.78 is 1.70. The molecule has 0 aliphatic rings. The molecule has 0 atom stereocenters. The normalized spacial score (nSPS) is 10.1. The van der Waals surface area contributed by atoms with E-state index >= 15 is 0 Å². The molecule has 16 heavy (non-hydrogen) atoms. The highest BCUT2D eigenvalue weighted by Crippen LogP contribution is 1.95. The molecule has 0 fully saturated rings. The molecular weight excluding hydrogens is 212 g/mol. The minimum absolute atomic E-state index is 0.0952. The van der Waals surface area contributed by atoms with Gasteiger partial charge < -0.3 is 20.7 Å². The van der Waals surface area contributed by atoms with Crippen molar-refractivity contribution in [1.29, 1.82) is 0 Å². The number of amides is 1. The Bertz CT molecular complexity index is 375. The third-order valence-electron chi connectivity index (χ3n) is 1.88. The average molecular weight is 226 g/mol. The van der Waals surface area contributed by atoms with Crippen LogP contribution in [0.2, 0.25) is 0 Å². The summed E-state index contributed by atoms with van der Waals surface area (Å²) in [5.74, 6) is -1.33. The standard InChI is InChI=1S/C9H14N4O3/c10-2-4-13-5-7(12-6-13)9(16)11-3-1-8(14)15/h5-6H,1-4,10H2,(H,11,16)(H,14,15). The van der Waals surface area contributed by atoms with E-state index in [1.54, 1.807) is 10.8 Å². The molecule has 0 aliphatic heterocycles. The Kier molecular flexibility index (Phi) is 4.46. The fourth-order valence-electron chi connectivity index (χ4n) is 1.12. The smallest absolute Gasteiger partial charge is 0.305 e. The van der Waals surface area contributed by atoms with Gasteiger partial charge in [0.05, 0.1) is 12.7 Å². The first-order chi connectivity index (χ1) is 7.63. The minimum atomic E-state index is -0.950. The number of carbonyl (C=O) groups excluding carboxylic acids is 1. The van der Waals surface area contributed by atoms with Crippen molar-refractivity contribution in [1.82, 2.24) is 14.9 Å². The Labute approximate surface area is 92.3 Å². The SMILES string of the molecule is NCCn1cnc(C(=O)NCCC(=O)O)c1. The monoisotopic (exact) mass is 226 g/mol. The van der Waals surface area contributed by atoms with E-state index in [0.29, 0.717) is 13.1 Å². The molecule has 1 rings (SSSR count). The van der Waals surface area contributed by atoms with Gasteiger partial charge in [0.15, 0.2) is 0 Å². The van der Waals surface area contributed by atoms with Crippen LogP contribution in [0, 0.1) is 0 Å². The first-order valence-corrected chi connectivity index (χ1v) is 4.85. The van der Waals surface area contributed by atoms with Gasteiger partial charge in [0.1, 0.15) is 5.69 Å². The second-order valence-corrected chi connectivity index (χ2v) is 3.19. The topological polar surface area (TPSA) is 110 Å². The van der Waals surface area contributed by atoms with Crippen molar-refractivity contribution in [2.24, 2.45) is 5.73 Å². The number of hydrogen-bond acceptors (Lipinski definition) is 4. The zero-order chi connectivity index (χ0) is 12.0. The van der Waals surface area contributed by atoms with Crippen molar-refractivity contribution in [2.45, 2.75) is 13.0 Å². The Hall–Kier alpha value is -1.89. The van der Waals surface area contributed by atoms with E-state index in [4.69, 9.17) is 10.8 Å². The number of nitrogens with two attached hydrogens (primary N) is 1. The lowest BCUT2D eigenvalue weighted by molar-refractivity contribution is -0.136. The van der Waals surface area contributed by atoms with E-state index in [9.17, 15) is 9.59 Å². The van der Waals surface area contributed by atoms with Gasteiger partial charge >= 0.3 is 5.97 Å². The maximum atomic E-state index is 11.4. The maximum Gasteiger partial charge on any atom is 0.305 e. The zero-order valence-corrected chi connectivity index (χ0v) is 8.72. The van der Waals surface area contributed by atoms with Crippen LogP contribution in [0.3, 0.4) is 0 Å². The van der Waals surface area contributed by atoms with Crippen molar-refractivity contribution in [3.63, 3.8) is 0 Å². The first-order valence-electron chi connectivity index (χ1n) is 4.85. The number of aliphatic carboxylic acids is 1. The Morgan fingerprint density at radius 3 is 2.94 bits per heavy atom. The van der Waals surface area contributed by atoms with Gasteiger partial charge in [-0.2, -0.15) is 0 Å². The number of carbonyl (C=O) groups is 2. The van der Waals surface area contributed by atoms with Crippen LogP contribution in [0.5, 0.6) is 0 Å². The molecule has 1 heterocycles. The molecule has 7 heteroatoms. The predicted molar refractivity (Wildman–Crippen MR) is 55.9 cm³/mol. The lowest BCUT2D eigenvalue weighted by Gasteiger charge is -1.99. The van der Waals surface area contributed by atoms with Crippen molar-refractivity contribution >= 4 is 11.9 Å². The molecule has 0 bridgehead atoms. The molecule has 0 aromatic carbocycles. The second-order valence-electron chi connectivity index (χ2n) is 3.19. The van der Waals surface area contributed by atoms with Crippen molar-refractivity contribution in [3.05, 3.63) is 18.2 Å². The molecule has 1 aromatic heterocycles. The van der Waals surface area contributed by atoms with Crippen LogP contribution in [0.25, 0.3) is 0 Å². The van der Waals surface area contributed by atoms with Crippen LogP contribution in [-0.4, -0.2) is 39.6 Å². The van der Waals surface area contributed by atoms with Crippen LogP contribution in [0.4, 0.5) is 0 Å². The van der Waals surface area contributed by atoms with Gasteiger partial charge in [0.25, 0.3) is 5.91 Å². The van der Waals surface area contributed by atoms with Gasteiger partial charge in [-0.15, -0.1) is 0 Å². The van der Waals surface area contributed by atoms with Crippen molar-refractivity contribution in [2.75, 3.05) is 13.1 Å². The number of carboxylic acids is 1. The number of nitrogens with one attached hydrogen (secondary N) is 1. The lowest BCUT2D eigenvalue weighted by atomic mass is 10.4. The highest BCUT2D eigenvalue weighted by atomic mass is 16.4. The number of hydrogen-bond donors (Lipinski definition) is 3. The van der Waals surface area contributed by atoms with Gasteiger partial charge in [-0.05, 0) is 0 Å². The van der Waals surface area contributed by atoms with E-state index in [-0.39, 0.29) is 24.6 Å². The molecular formula is C9H14N4O3. The average Bonchev–Trinajstić information content (AvgIpc) is 2.66. The van der Waals surface area contributed by atoms with Crippen LogP contribution in [-0.2, 0) is 11.3 Å². The molecule has 1 aromatic rings. The summed E-state index contributed by atoms with van der Waals surface area (Å²) in [4.78, 5) is 25.5. The molecule has 7 nitrogen and oxygen atoms in total. The highest BCUT2D eigenvalue weighted by molar-refractivity contribution is 5.92. The van der Waals surface area contributed by atoms with Crippen LogP contribution >= 0.6 is 0 Å². The Morgan fingerprint density at radius 1 is 1.56 bits per heavy atom. The van der Waals surface area contributed by atoms with E-state index in [2.05, 4.69) is 10.3 Å². The second kappa shape index (κ2) is 5.86. The van der Waals surface area contributed by atoms with Gasteiger partial charge in [0, 0.05) is 25.8 Å². The summed E-state index contributed by atoms with van der Waals surface area (Å²) >= 11 is 0. The molecule has 88 valence electrons. The fraction of sp³-hybridized carbons (Fsp3) is 0.444. The Balaban J connectivity index is 2.43. The molecule has 0 aliphatic carbocycles. The minimum Gasteiger partial charge on any atom is -0.481 e. The summed E-state index contributed by atoms with van der Waals surface area (Å²) in [6, 6.07) is 0. The number of rotatable bonds is 6. The van der Waals surface area contributed by atoms with Gasteiger partial charge in [-0.25, -0.2) is 4.98 Å². The van der Waals surface area contributed by atoms with Crippen LogP contribution in [0.15, 0.2) is 12.5 Å². The number of imidazole rings is 1. The zero-order valence-electron chi connectivity index (χ0n) is 8.72. The number of aromatic nitrogens is 2. The van der Waals surface area contributed by atoms with E-state index in [1.165, 1.54) is 6.33 Å². The number of nitrogens with zero attached hydrogens (tertiary/aromatic N) is 2. The molecule has 0 saturated carbocycles. The van der Waals surface area contributed by atoms with Crippen LogP contribution in [0.1, 0.15) is 16.9 Å². The molecule has 0 unspecified atom stereocenters. The van der Waals surface area contributed by atoms with Gasteiger partial charge in [-0.3, -0.25) is 9.59 Å². The van der Waals surface area contributed by atoms with Gasteiger partial charge in [-0.1, -0.05) is 0 Å². The lowest BCUT2D eigenvalue weighted by Crippen LogP contribution is -2.26.